The van der Waals surface area contributed by atoms with Gasteiger partial charge < -0.3 is 9.84 Å². The van der Waals surface area contributed by atoms with E-state index in [1.54, 1.807) is 0 Å². The van der Waals surface area contributed by atoms with Gasteiger partial charge in [0, 0.05) is 0 Å². The molecule has 0 amide bonds. The molecule has 4 fully saturated rings. The molecule has 2 nitrogen and oxygen atoms in total. The van der Waals surface area contributed by atoms with Crippen molar-refractivity contribution >= 4 is 0 Å². The maximum absolute atomic E-state index is 9.15. The van der Waals surface area contributed by atoms with Crippen molar-refractivity contribution in [2.24, 2.45) is 52.3 Å². The molecule has 0 radical (unpaired) electrons. The summed E-state index contributed by atoms with van der Waals surface area (Å²) in [6.45, 7) is 13.4. The van der Waals surface area contributed by atoms with Gasteiger partial charge in [-0.1, -0.05) is 53.9 Å². The largest absolute Gasteiger partial charge is 0.394 e. The van der Waals surface area contributed by atoms with E-state index >= 15 is 0 Å². The Bertz CT molecular complexity index is 587. The van der Waals surface area contributed by atoms with Crippen molar-refractivity contribution in [2.45, 2.75) is 118 Å². The lowest BCUT2D eigenvalue weighted by Gasteiger charge is -2.61. The second kappa shape index (κ2) is 9.65. The molecule has 4 aliphatic rings. The summed E-state index contributed by atoms with van der Waals surface area (Å²) in [5.74, 6) is 6.53. The molecular weight excluding hydrogens is 380 g/mol. The molecule has 0 aromatic heterocycles. The number of hydrogen-bond donors (Lipinski definition) is 1. The molecule has 4 aliphatic carbocycles. The maximum atomic E-state index is 9.15. The van der Waals surface area contributed by atoms with E-state index in [1.165, 1.54) is 77.0 Å². The maximum Gasteiger partial charge on any atom is 0.0701 e. The molecule has 0 bridgehead atoms. The molecule has 1 N–H and O–H groups in total. The third-order valence-corrected chi connectivity index (χ3v) is 11.3. The van der Waals surface area contributed by atoms with Crippen molar-refractivity contribution in [3.05, 3.63) is 0 Å². The second-order valence-corrected chi connectivity index (χ2v) is 13.2. The predicted molar refractivity (Wildman–Crippen MR) is 130 cm³/mol. The average Bonchev–Trinajstić information content (AvgIpc) is 3.09. The van der Waals surface area contributed by atoms with Crippen molar-refractivity contribution < 1.29 is 9.84 Å². The van der Waals surface area contributed by atoms with Crippen molar-refractivity contribution in [1.29, 1.82) is 0 Å². The molecule has 4 rings (SSSR count). The fourth-order valence-electron chi connectivity index (χ4n) is 9.61. The standard InChI is InChI=1S/C29H52O2/c1-20(2)7-6-8-21(3)25-11-12-26-24-10-9-22-19-23(31-18-17-30)13-15-28(22,4)27(24)14-16-29(25,26)5/h20-27,30H,6-19H2,1-5H3/t21-,22+,23+,24?,25-,26+,27+,28+,29-/m1/s1. The smallest absolute Gasteiger partial charge is 0.0701 e. The number of hydrogen-bond acceptors (Lipinski definition) is 2. The van der Waals surface area contributed by atoms with E-state index < -0.39 is 0 Å². The molecule has 31 heavy (non-hydrogen) atoms. The Balaban J connectivity index is 1.41. The van der Waals surface area contributed by atoms with E-state index in [9.17, 15) is 0 Å². The fraction of sp³-hybridized carbons (Fsp3) is 1.00. The van der Waals surface area contributed by atoms with E-state index in [0.717, 1.165) is 41.4 Å². The normalized spacial score (nSPS) is 45.8. The van der Waals surface area contributed by atoms with Gasteiger partial charge in [-0.25, -0.2) is 0 Å². The zero-order valence-electron chi connectivity index (χ0n) is 21.4. The van der Waals surface area contributed by atoms with Gasteiger partial charge in [-0.2, -0.15) is 0 Å². The van der Waals surface area contributed by atoms with Crippen LogP contribution in [0.5, 0.6) is 0 Å². The van der Waals surface area contributed by atoms with Gasteiger partial charge in [0.25, 0.3) is 0 Å². The topological polar surface area (TPSA) is 29.5 Å². The van der Waals surface area contributed by atoms with E-state index in [-0.39, 0.29) is 6.61 Å². The summed E-state index contributed by atoms with van der Waals surface area (Å²) in [6, 6.07) is 0. The third kappa shape index (κ3) is 4.51. The zero-order chi connectivity index (χ0) is 22.2. The molecule has 1 unspecified atom stereocenters. The van der Waals surface area contributed by atoms with Gasteiger partial charge >= 0.3 is 0 Å². The first-order chi connectivity index (χ1) is 14.8. The highest BCUT2D eigenvalue weighted by Gasteiger charge is 2.60. The SMILES string of the molecule is CC(C)CCC[C@@H](C)[C@H]1CC[C@H]2C3CC[C@H]4C[C@@H](OCCO)CC[C@]4(C)[C@H]3CC[C@]12C. The summed E-state index contributed by atoms with van der Waals surface area (Å²) < 4.78 is 5.98. The van der Waals surface area contributed by atoms with Gasteiger partial charge in [-0.05, 0) is 110 Å². The van der Waals surface area contributed by atoms with Crippen molar-refractivity contribution in [1.82, 2.24) is 0 Å². The number of rotatable bonds is 8. The Morgan fingerprint density at radius 3 is 2.35 bits per heavy atom. The van der Waals surface area contributed by atoms with Crippen LogP contribution in [0.1, 0.15) is 112 Å². The number of fused-ring (bicyclic) bond motifs is 5. The van der Waals surface area contributed by atoms with Crippen LogP contribution in [-0.4, -0.2) is 24.4 Å². The second-order valence-electron chi connectivity index (χ2n) is 13.2. The molecule has 9 atom stereocenters. The first-order valence-electron chi connectivity index (χ1n) is 14.0. The Hall–Kier alpha value is -0.0800. The Morgan fingerprint density at radius 1 is 0.871 bits per heavy atom. The number of ether oxygens (including phenoxy) is 1. The van der Waals surface area contributed by atoms with Gasteiger partial charge in [-0.15, -0.1) is 0 Å². The van der Waals surface area contributed by atoms with E-state index in [2.05, 4.69) is 34.6 Å². The van der Waals surface area contributed by atoms with E-state index in [1.807, 2.05) is 0 Å². The van der Waals surface area contributed by atoms with Crippen LogP contribution in [0.2, 0.25) is 0 Å². The number of aliphatic hydroxyl groups excluding tert-OH is 1. The van der Waals surface area contributed by atoms with Gasteiger partial charge in [-0.3, -0.25) is 0 Å². The average molecular weight is 433 g/mol. The van der Waals surface area contributed by atoms with Crippen molar-refractivity contribution in [2.75, 3.05) is 13.2 Å². The van der Waals surface area contributed by atoms with Crippen LogP contribution in [0.25, 0.3) is 0 Å². The molecule has 0 aromatic rings. The number of aliphatic hydroxyl groups is 1. The third-order valence-electron chi connectivity index (χ3n) is 11.3. The zero-order valence-corrected chi connectivity index (χ0v) is 21.4. The van der Waals surface area contributed by atoms with E-state index in [4.69, 9.17) is 9.84 Å². The molecule has 0 aromatic carbocycles. The quantitative estimate of drug-likeness (QED) is 0.430. The minimum Gasteiger partial charge on any atom is -0.394 e. The Labute approximate surface area is 193 Å². The first-order valence-corrected chi connectivity index (χ1v) is 14.0. The van der Waals surface area contributed by atoms with Crippen LogP contribution < -0.4 is 0 Å². The van der Waals surface area contributed by atoms with Crippen LogP contribution in [0, 0.1) is 52.3 Å². The van der Waals surface area contributed by atoms with Crippen LogP contribution in [0.15, 0.2) is 0 Å². The summed E-state index contributed by atoms with van der Waals surface area (Å²) in [7, 11) is 0. The molecule has 0 heterocycles. The summed E-state index contributed by atoms with van der Waals surface area (Å²) in [5.41, 5.74) is 1.16. The van der Waals surface area contributed by atoms with Gasteiger partial charge in [0.05, 0.1) is 19.3 Å². The molecular formula is C29H52O2. The molecule has 0 aliphatic heterocycles. The Kier molecular flexibility index (Phi) is 7.49. The fourth-order valence-corrected chi connectivity index (χ4v) is 9.61. The summed E-state index contributed by atoms with van der Waals surface area (Å²) in [4.78, 5) is 0. The lowest BCUT2D eigenvalue weighted by Crippen LogP contribution is -2.54. The summed E-state index contributed by atoms with van der Waals surface area (Å²) in [6.07, 6.45) is 17.4. The predicted octanol–water partition coefficient (Wildman–Crippen LogP) is 7.49. The first kappa shape index (κ1) is 24.1. The monoisotopic (exact) mass is 432 g/mol. The van der Waals surface area contributed by atoms with Gasteiger partial charge in [0.1, 0.15) is 0 Å². The van der Waals surface area contributed by atoms with E-state index in [0.29, 0.717) is 23.5 Å². The van der Waals surface area contributed by atoms with Crippen molar-refractivity contribution in [3.63, 3.8) is 0 Å². The van der Waals surface area contributed by atoms with Gasteiger partial charge in [0.15, 0.2) is 0 Å². The van der Waals surface area contributed by atoms with Crippen LogP contribution >= 0.6 is 0 Å². The van der Waals surface area contributed by atoms with Gasteiger partial charge in [0.2, 0.25) is 0 Å². The lowest BCUT2D eigenvalue weighted by molar-refractivity contribution is -0.138. The summed E-state index contributed by atoms with van der Waals surface area (Å²) >= 11 is 0. The lowest BCUT2D eigenvalue weighted by atomic mass is 9.44. The highest BCUT2D eigenvalue weighted by atomic mass is 16.5. The molecule has 2 heteroatoms. The van der Waals surface area contributed by atoms with Crippen LogP contribution in [0.3, 0.4) is 0 Å². The van der Waals surface area contributed by atoms with Crippen LogP contribution in [0.4, 0.5) is 0 Å². The minimum absolute atomic E-state index is 0.167. The molecule has 0 saturated heterocycles. The van der Waals surface area contributed by atoms with Crippen molar-refractivity contribution in [3.8, 4) is 0 Å². The van der Waals surface area contributed by atoms with Crippen LogP contribution in [-0.2, 0) is 4.74 Å². The summed E-state index contributed by atoms with van der Waals surface area (Å²) in [5, 5.41) is 9.15. The Morgan fingerprint density at radius 2 is 1.61 bits per heavy atom. The highest BCUT2D eigenvalue weighted by Crippen LogP contribution is 2.68. The molecule has 4 saturated carbocycles. The molecule has 180 valence electrons. The molecule has 0 spiro atoms. The minimum atomic E-state index is 0.167. The highest BCUT2D eigenvalue weighted by molar-refractivity contribution is 5.09.